The molecule has 0 spiro atoms. The lowest BCUT2D eigenvalue weighted by Crippen LogP contribution is -2.34. The average Bonchev–Trinajstić information content (AvgIpc) is 2.52. The van der Waals surface area contributed by atoms with Gasteiger partial charge in [0.2, 0.25) is 0 Å². The summed E-state index contributed by atoms with van der Waals surface area (Å²) >= 11 is 17.0. The Morgan fingerprint density at radius 1 is 1.16 bits per heavy atom. The first-order chi connectivity index (χ1) is 11.8. The van der Waals surface area contributed by atoms with Gasteiger partial charge in [-0.15, -0.1) is 0 Å². The average molecular weight is 397 g/mol. The standard InChI is InChI=1S/C18H18Cl2N2O2S/c1-11(2)10-24-16-6-4-3-5-15(16)21-18(25)22-17(23)12-7-13(19)9-14(20)8-12/h3-9,11H,10H2,1-2H3,(H2,21,22,23,25). The van der Waals surface area contributed by atoms with Crippen LogP contribution in [-0.4, -0.2) is 17.6 Å². The Labute approximate surface area is 162 Å². The minimum Gasteiger partial charge on any atom is -0.491 e. The zero-order valence-corrected chi connectivity index (χ0v) is 16.1. The van der Waals surface area contributed by atoms with Gasteiger partial charge in [0.1, 0.15) is 5.75 Å². The normalized spacial score (nSPS) is 10.4. The first-order valence-corrected chi connectivity index (χ1v) is 8.82. The molecule has 0 heterocycles. The minimum atomic E-state index is -0.400. The van der Waals surface area contributed by atoms with E-state index in [0.29, 0.717) is 39.6 Å². The zero-order chi connectivity index (χ0) is 18.4. The molecule has 0 aliphatic carbocycles. The first-order valence-electron chi connectivity index (χ1n) is 7.65. The molecule has 0 unspecified atom stereocenters. The summed E-state index contributed by atoms with van der Waals surface area (Å²) in [6.45, 7) is 4.72. The number of halogens is 2. The Balaban J connectivity index is 2.04. The van der Waals surface area contributed by atoms with Crippen LogP contribution < -0.4 is 15.4 Å². The van der Waals surface area contributed by atoms with Crippen LogP contribution in [0.1, 0.15) is 24.2 Å². The van der Waals surface area contributed by atoms with Crippen LogP contribution >= 0.6 is 35.4 Å². The van der Waals surface area contributed by atoms with Crippen molar-refractivity contribution in [2.75, 3.05) is 11.9 Å². The van der Waals surface area contributed by atoms with Crippen LogP contribution in [0.2, 0.25) is 10.0 Å². The number of benzene rings is 2. The quantitative estimate of drug-likeness (QED) is 0.685. The molecular formula is C18H18Cl2N2O2S. The van der Waals surface area contributed by atoms with E-state index < -0.39 is 5.91 Å². The van der Waals surface area contributed by atoms with Crippen molar-refractivity contribution in [2.45, 2.75) is 13.8 Å². The summed E-state index contributed by atoms with van der Waals surface area (Å²) < 4.78 is 5.75. The number of nitrogens with one attached hydrogen (secondary N) is 2. The molecule has 7 heteroatoms. The Kier molecular flexibility index (Phi) is 7.05. The predicted octanol–water partition coefficient (Wildman–Crippen LogP) is 5.16. The van der Waals surface area contributed by atoms with Crippen LogP contribution in [0.25, 0.3) is 0 Å². The fraction of sp³-hybridized carbons (Fsp3) is 0.222. The zero-order valence-electron chi connectivity index (χ0n) is 13.8. The van der Waals surface area contributed by atoms with Crippen molar-refractivity contribution >= 4 is 52.1 Å². The molecule has 2 aromatic carbocycles. The van der Waals surface area contributed by atoms with Crippen LogP contribution in [0.5, 0.6) is 5.75 Å². The maximum Gasteiger partial charge on any atom is 0.257 e. The van der Waals surface area contributed by atoms with E-state index in [-0.39, 0.29) is 5.11 Å². The highest BCUT2D eigenvalue weighted by molar-refractivity contribution is 7.80. The summed E-state index contributed by atoms with van der Waals surface area (Å²) in [6.07, 6.45) is 0. The number of para-hydroxylation sites is 2. The van der Waals surface area contributed by atoms with Crippen LogP contribution in [-0.2, 0) is 0 Å². The Hall–Kier alpha value is -1.82. The van der Waals surface area contributed by atoms with Crippen molar-refractivity contribution in [1.29, 1.82) is 0 Å². The maximum atomic E-state index is 12.3. The molecule has 2 N–H and O–H groups in total. The predicted molar refractivity (Wildman–Crippen MR) is 107 cm³/mol. The highest BCUT2D eigenvalue weighted by Gasteiger charge is 2.11. The van der Waals surface area contributed by atoms with E-state index in [4.69, 9.17) is 40.2 Å². The van der Waals surface area contributed by atoms with Crippen molar-refractivity contribution in [2.24, 2.45) is 5.92 Å². The number of thiocarbonyl (C=S) groups is 1. The number of ether oxygens (including phenoxy) is 1. The molecular weight excluding hydrogens is 379 g/mol. The summed E-state index contributed by atoms with van der Waals surface area (Å²) in [5.41, 5.74) is 1.00. The van der Waals surface area contributed by atoms with Crippen molar-refractivity contribution in [3.05, 3.63) is 58.1 Å². The third kappa shape index (κ3) is 6.20. The van der Waals surface area contributed by atoms with Gasteiger partial charge in [0.25, 0.3) is 5.91 Å². The summed E-state index contributed by atoms with van der Waals surface area (Å²) in [4.78, 5) is 12.3. The minimum absolute atomic E-state index is 0.154. The van der Waals surface area contributed by atoms with E-state index in [1.807, 2.05) is 24.3 Å². The molecule has 0 saturated carbocycles. The molecule has 0 radical (unpaired) electrons. The monoisotopic (exact) mass is 396 g/mol. The molecule has 2 rings (SSSR count). The van der Waals surface area contributed by atoms with E-state index in [1.165, 1.54) is 12.1 Å². The lowest BCUT2D eigenvalue weighted by atomic mass is 10.2. The van der Waals surface area contributed by atoms with Crippen LogP contribution in [0.3, 0.4) is 0 Å². The van der Waals surface area contributed by atoms with E-state index in [2.05, 4.69) is 24.5 Å². The molecule has 1 amide bonds. The van der Waals surface area contributed by atoms with Gasteiger partial charge in [-0.25, -0.2) is 0 Å². The largest absolute Gasteiger partial charge is 0.491 e. The lowest BCUT2D eigenvalue weighted by Gasteiger charge is -2.15. The van der Waals surface area contributed by atoms with E-state index in [0.717, 1.165) is 0 Å². The van der Waals surface area contributed by atoms with E-state index >= 15 is 0 Å². The molecule has 0 bridgehead atoms. The molecule has 0 aliphatic rings. The van der Waals surface area contributed by atoms with Crippen molar-refractivity contribution in [1.82, 2.24) is 5.32 Å². The molecule has 0 aliphatic heterocycles. The summed E-state index contributed by atoms with van der Waals surface area (Å²) in [7, 11) is 0. The number of carbonyl (C=O) groups is 1. The molecule has 4 nitrogen and oxygen atoms in total. The molecule has 25 heavy (non-hydrogen) atoms. The Morgan fingerprint density at radius 3 is 2.44 bits per heavy atom. The second kappa shape index (κ2) is 9.04. The Bertz CT molecular complexity index is 761. The van der Waals surface area contributed by atoms with Gasteiger partial charge in [0.15, 0.2) is 5.11 Å². The van der Waals surface area contributed by atoms with E-state index in [1.54, 1.807) is 6.07 Å². The van der Waals surface area contributed by atoms with Gasteiger partial charge < -0.3 is 10.1 Å². The molecule has 0 fully saturated rings. The van der Waals surface area contributed by atoms with Gasteiger partial charge in [0, 0.05) is 15.6 Å². The number of hydrogen-bond acceptors (Lipinski definition) is 3. The van der Waals surface area contributed by atoms with Crippen molar-refractivity contribution in [3.63, 3.8) is 0 Å². The molecule has 0 atom stereocenters. The van der Waals surface area contributed by atoms with Gasteiger partial charge in [-0.1, -0.05) is 49.2 Å². The molecule has 132 valence electrons. The van der Waals surface area contributed by atoms with Crippen LogP contribution in [0.15, 0.2) is 42.5 Å². The van der Waals surface area contributed by atoms with Crippen molar-refractivity contribution in [3.8, 4) is 5.75 Å². The van der Waals surface area contributed by atoms with Gasteiger partial charge in [-0.05, 0) is 48.5 Å². The lowest BCUT2D eigenvalue weighted by molar-refractivity contribution is 0.0977. The summed E-state index contributed by atoms with van der Waals surface area (Å²) in [5, 5.41) is 6.48. The van der Waals surface area contributed by atoms with Gasteiger partial charge in [-0.2, -0.15) is 0 Å². The Morgan fingerprint density at radius 2 is 1.80 bits per heavy atom. The number of anilines is 1. The molecule has 0 aromatic heterocycles. The van der Waals surface area contributed by atoms with Gasteiger partial charge in [0.05, 0.1) is 12.3 Å². The fourth-order valence-corrected chi connectivity index (χ4v) is 2.69. The van der Waals surface area contributed by atoms with Crippen molar-refractivity contribution < 1.29 is 9.53 Å². The molecule has 2 aromatic rings. The van der Waals surface area contributed by atoms with Gasteiger partial charge >= 0.3 is 0 Å². The number of rotatable bonds is 5. The number of carbonyl (C=O) groups excluding carboxylic acids is 1. The van der Waals surface area contributed by atoms with Crippen LogP contribution in [0, 0.1) is 5.92 Å². The summed E-state index contributed by atoms with van der Waals surface area (Å²) in [5.74, 6) is 0.661. The topological polar surface area (TPSA) is 50.4 Å². The second-order valence-corrected chi connectivity index (χ2v) is 7.05. The number of hydrogen-bond donors (Lipinski definition) is 2. The summed E-state index contributed by atoms with van der Waals surface area (Å²) in [6, 6.07) is 12.0. The second-order valence-electron chi connectivity index (χ2n) is 5.77. The highest BCUT2D eigenvalue weighted by Crippen LogP contribution is 2.24. The van der Waals surface area contributed by atoms with Crippen LogP contribution in [0.4, 0.5) is 5.69 Å². The maximum absolute atomic E-state index is 12.3. The highest BCUT2D eigenvalue weighted by atomic mass is 35.5. The first kappa shape index (κ1) is 19.5. The van der Waals surface area contributed by atoms with E-state index in [9.17, 15) is 4.79 Å². The third-order valence-electron chi connectivity index (χ3n) is 3.06. The third-order valence-corrected chi connectivity index (χ3v) is 3.70. The smallest absolute Gasteiger partial charge is 0.257 e. The fourth-order valence-electron chi connectivity index (χ4n) is 1.97. The SMILES string of the molecule is CC(C)COc1ccccc1NC(=S)NC(=O)c1cc(Cl)cc(Cl)c1. The molecule has 0 saturated heterocycles. The van der Waals surface area contributed by atoms with Gasteiger partial charge in [-0.3, -0.25) is 10.1 Å². The number of amides is 1.